The Morgan fingerprint density at radius 2 is 1.19 bits per heavy atom. The van der Waals surface area contributed by atoms with E-state index in [9.17, 15) is 0 Å². The Balaban J connectivity index is 1.02. The minimum atomic E-state index is -0.304. The monoisotopic (exact) mass is 765 g/mol. The van der Waals surface area contributed by atoms with Gasteiger partial charge in [-0.3, -0.25) is 0 Å². The number of hydrogen-bond donors (Lipinski definition) is 1. The van der Waals surface area contributed by atoms with E-state index in [1.165, 1.54) is 68.5 Å². The minimum Gasteiger partial charge on any atom is -0.344 e. The molecule has 0 saturated carbocycles. The number of benzene rings is 7. The molecule has 1 aliphatic heterocycles. The number of fused-ring (bicyclic) bond motifs is 6. The van der Waals surface area contributed by atoms with Gasteiger partial charge in [-0.1, -0.05) is 146 Å². The van der Waals surface area contributed by atoms with Crippen LogP contribution in [0.25, 0.3) is 69.2 Å². The van der Waals surface area contributed by atoms with Crippen molar-refractivity contribution in [3.05, 3.63) is 210 Å². The molecule has 5 heteroatoms. The van der Waals surface area contributed by atoms with E-state index in [-0.39, 0.29) is 6.17 Å². The summed E-state index contributed by atoms with van der Waals surface area (Å²) < 4.78 is 3.90. The van der Waals surface area contributed by atoms with Crippen LogP contribution < -0.4 is 5.32 Å². The second-order valence-electron chi connectivity index (χ2n) is 14.7. The van der Waals surface area contributed by atoms with Crippen LogP contribution in [0.3, 0.4) is 0 Å². The van der Waals surface area contributed by atoms with Crippen molar-refractivity contribution in [3.8, 4) is 33.4 Å². The van der Waals surface area contributed by atoms with E-state index in [0.29, 0.717) is 5.84 Å². The number of nitrogens with one attached hydrogen (secondary N) is 1. The van der Waals surface area contributed by atoms with Gasteiger partial charge in [-0.2, -0.15) is 0 Å². The molecule has 0 amide bonds. The Labute approximate surface area is 339 Å². The van der Waals surface area contributed by atoms with E-state index in [1.54, 1.807) is 0 Å². The molecule has 1 unspecified atom stereocenters. The third kappa shape index (κ3) is 6.04. The predicted octanol–water partition coefficient (Wildman–Crippen LogP) is 13.9. The first-order valence-electron chi connectivity index (χ1n) is 19.2. The Morgan fingerprint density at radius 1 is 0.544 bits per heavy atom. The normalized spacial score (nSPS) is 15.3. The first kappa shape index (κ1) is 33.7. The standard InChI is InChI=1S/C52H35N3S2/c1-32-27-44(52-54-50(34-15-6-3-7-16-34)53-51(55-52)39-20-11-17-35(30-39)33-13-4-2-5-14-33)48-43-31-37(25-26-46(43)56-47(48)28-32)36-18-10-19-38(29-36)40-22-12-23-42-41-21-8-9-24-45(41)57-49(40)42/h2-27,29-31,50H,1,28H2,(H,53,54,55). The maximum atomic E-state index is 5.33. The lowest BCUT2D eigenvalue weighted by molar-refractivity contribution is 0.675. The lowest BCUT2D eigenvalue weighted by Crippen LogP contribution is -2.33. The van der Waals surface area contributed by atoms with Crippen LogP contribution in [0.5, 0.6) is 0 Å². The van der Waals surface area contributed by atoms with Crippen molar-refractivity contribution in [3.63, 3.8) is 0 Å². The highest BCUT2D eigenvalue weighted by Crippen LogP contribution is 2.45. The Bertz CT molecular complexity index is 3150. The van der Waals surface area contributed by atoms with Gasteiger partial charge in [-0.05, 0) is 80.9 Å². The molecule has 57 heavy (non-hydrogen) atoms. The Kier molecular flexibility index (Phi) is 8.16. The van der Waals surface area contributed by atoms with Gasteiger partial charge in [0.15, 0.2) is 5.84 Å². The molecule has 9 aromatic rings. The Morgan fingerprint density at radius 3 is 2.05 bits per heavy atom. The third-order valence-corrected chi connectivity index (χ3v) is 13.4. The molecule has 0 radical (unpaired) electrons. The van der Waals surface area contributed by atoms with Gasteiger partial charge in [-0.25, -0.2) is 9.98 Å². The summed E-state index contributed by atoms with van der Waals surface area (Å²) in [5.74, 6) is 1.52. The van der Waals surface area contributed by atoms with E-state index in [1.807, 2.05) is 28.7 Å². The molecule has 0 fully saturated rings. The van der Waals surface area contributed by atoms with E-state index in [4.69, 9.17) is 9.98 Å². The second-order valence-corrected chi connectivity index (χ2v) is 16.9. The average molecular weight is 766 g/mol. The minimum absolute atomic E-state index is 0.304. The molecule has 1 N–H and O–H groups in total. The van der Waals surface area contributed by atoms with Crippen molar-refractivity contribution in [1.82, 2.24) is 5.32 Å². The molecule has 1 atom stereocenters. The average Bonchev–Trinajstić information content (AvgIpc) is 3.84. The van der Waals surface area contributed by atoms with Crippen molar-refractivity contribution in [2.75, 3.05) is 0 Å². The van der Waals surface area contributed by atoms with E-state index >= 15 is 0 Å². The predicted molar refractivity (Wildman–Crippen MR) is 245 cm³/mol. The molecule has 1 aliphatic carbocycles. The zero-order chi connectivity index (χ0) is 37.9. The number of amidine groups is 2. The zero-order valence-corrected chi connectivity index (χ0v) is 32.6. The summed E-state index contributed by atoms with van der Waals surface area (Å²) in [6.45, 7) is 4.48. The van der Waals surface area contributed by atoms with Crippen LogP contribution >= 0.6 is 22.7 Å². The number of nitrogens with zero attached hydrogens (tertiary/aromatic N) is 2. The molecule has 0 saturated heterocycles. The van der Waals surface area contributed by atoms with Gasteiger partial charge in [-0.15, -0.1) is 22.7 Å². The molecule has 11 rings (SSSR count). The highest BCUT2D eigenvalue weighted by molar-refractivity contribution is 7.26. The quantitative estimate of drug-likeness (QED) is 0.180. The molecule has 7 aromatic carbocycles. The van der Waals surface area contributed by atoms with Gasteiger partial charge in [0.05, 0.1) is 0 Å². The summed E-state index contributed by atoms with van der Waals surface area (Å²) in [5.41, 5.74) is 12.6. The summed E-state index contributed by atoms with van der Waals surface area (Å²) >= 11 is 3.73. The second kappa shape index (κ2) is 13.8. The van der Waals surface area contributed by atoms with Crippen LogP contribution in [0.4, 0.5) is 0 Å². The molecule has 3 nitrogen and oxygen atoms in total. The van der Waals surface area contributed by atoms with Crippen LogP contribution in [-0.4, -0.2) is 11.7 Å². The summed E-state index contributed by atoms with van der Waals surface area (Å²) in [6, 6.07) is 60.9. The maximum absolute atomic E-state index is 5.33. The lowest BCUT2D eigenvalue weighted by atomic mass is 9.90. The van der Waals surface area contributed by atoms with Crippen LogP contribution in [0.2, 0.25) is 0 Å². The van der Waals surface area contributed by atoms with E-state index in [0.717, 1.165) is 40.1 Å². The van der Waals surface area contributed by atoms with Gasteiger partial charge in [0.25, 0.3) is 0 Å². The molecule has 270 valence electrons. The largest absolute Gasteiger partial charge is 0.344 e. The first-order valence-corrected chi connectivity index (χ1v) is 20.9. The van der Waals surface area contributed by atoms with Crippen LogP contribution in [0.15, 0.2) is 198 Å². The van der Waals surface area contributed by atoms with Crippen molar-refractivity contribution < 1.29 is 0 Å². The number of thiophene rings is 2. The Hall–Kier alpha value is -6.66. The molecule has 3 heterocycles. The molecule has 2 aliphatic rings. The molecular weight excluding hydrogens is 731 g/mol. The smallest absolute Gasteiger partial charge is 0.160 e. The number of aliphatic imine (C=N–C) groups is 2. The summed E-state index contributed by atoms with van der Waals surface area (Å²) in [5, 5.41) is 7.54. The zero-order valence-electron chi connectivity index (χ0n) is 30.9. The van der Waals surface area contributed by atoms with Crippen molar-refractivity contribution >= 4 is 70.2 Å². The van der Waals surface area contributed by atoms with Gasteiger partial charge in [0, 0.05) is 58.3 Å². The highest BCUT2D eigenvalue weighted by atomic mass is 32.1. The van der Waals surface area contributed by atoms with Crippen molar-refractivity contribution in [1.29, 1.82) is 0 Å². The van der Waals surface area contributed by atoms with Gasteiger partial charge in [0.2, 0.25) is 0 Å². The van der Waals surface area contributed by atoms with E-state index < -0.39 is 0 Å². The van der Waals surface area contributed by atoms with E-state index in [2.05, 4.69) is 182 Å². The fourth-order valence-electron chi connectivity index (χ4n) is 8.30. The third-order valence-electron chi connectivity index (χ3n) is 11.0. The maximum Gasteiger partial charge on any atom is 0.160 e. The van der Waals surface area contributed by atoms with Crippen LogP contribution in [-0.2, 0) is 6.42 Å². The fourth-order valence-corrected chi connectivity index (χ4v) is 10.8. The summed E-state index contributed by atoms with van der Waals surface area (Å²) in [4.78, 5) is 12.0. The van der Waals surface area contributed by atoms with Crippen molar-refractivity contribution in [2.45, 2.75) is 12.6 Å². The SMILES string of the molecule is C=C1C=C(C2=NC(c3ccccc3)NC(c3cccc(-c4ccccc4)c3)=N2)c2c(sc3ccc(-c4cccc(-c5cccc6c5sc5ccccc56)c4)cc23)C1. The van der Waals surface area contributed by atoms with Crippen molar-refractivity contribution in [2.24, 2.45) is 9.98 Å². The fraction of sp³-hybridized carbons (Fsp3) is 0.0385. The topological polar surface area (TPSA) is 36.8 Å². The first-order chi connectivity index (χ1) is 28.1. The molecule has 0 spiro atoms. The number of hydrogen-bond acceptors (Lipinski definition) is 5. The summed E-state index contributed by atoms with van der Waals surface area (Å²) in [7, 11) is 0. The van der Waals surface area contributed by atoms with Crippen LogP contribution in [0.1, 0.15) is 27.7 Å². The molecule has 0 bridgehead atoms. The summed E-state index contributed by atoms with van der Waals surface area (Å²) in [6.07, 6.45) is 2.72. The highest BCUT2D eigenvalue weighted by Gasteiger charge is 2.28. The van der Waals surface area contributed by atoms with Crippen LogP contribution in [0, 0.1) is 0 Å². The molecular formula is C52H35N3S2. The lowest BCUT2D eigenvalue weighted by Gasteiger charge is -2.26. The van der Waals surface area contributed by atoms with Gasteiger partial charge in [0.1, 0.15) is 12.0 Å². The van der Waals surface area contributed by atoms with Gasteiger partial charge < -0.3 is 5.32 Å². The number of allylic oxidation sites excluding steroid dienone is 2. The number of rotatable bonds is 6. The van der Waals surface area contributed by atoms with Gasteiger partial charge >= 0.3 is 0 Å². The molecule has 2 aromatic heterocycles.